The summed E-state index contributed by atoms with van der Waals surface area (Å²) < 4.78 is 7.71. The lowest BCUT2D eigenvalue weighted by Gasteiger charge is -2.14. The maximum absolute atomic E-state index is 12.7. The van der Waals surface area contributed by atoms with Crippen molar-refractivity contribution in [1.29, 1.82) is 0 Å². The first-order valence-corrected chi connectivity index (χ1v) is 12.2. The summed E-state index contributed by atoms with van der Waals surface area (Å²) in [6, 6.07) is 11.2. The molecule has 0 bridgehead atoms. The zero-order valence-electron chi connectivity index (χ0n) is 18.3. The number of carbonyl (C=O) groups excluding carboxylic acids is 1. The van der Waals surface area contributed by atoms with Gasteiger partial charge in [-0.3, -0.25) is 4.79 Å². The van der Waals surface area contributed by atoms with E-state index in [2.05, 4.69) is 29.4 Å². The minimum Gasteiger partial charge on any atom is -0.484 e. The van der Waals surface area contributed by atoms with Crippen molar-refractivity contribution in [2.75, 3.05) is 11.1 Å². The quantitative estimate of drug-likeness (QED) is 0.349. The number of aromatic nitrogens is 3. The van der Waals surface area contributed by atoms with Gasteiger partial charge >= 0.3 is 0 Å². The number of anilines is 1. The van der Waals surface area contributed by atoms with Crippen LogP contribution in [0.4, 0.5) is 5.69 Å². The Morgan fingerprint density at radius 3 is 2.47 bits per heavy atom. The maximum atomic E-state index is 12.7. The molecule has 0 aliphatic heterocycles. The van der Waals surface area contributed by atoms with Gasteiger partial charge in [-0.05, 0) is 43.0 Å². The SMILES string of the molecule is CCc1cccc(CC)c1NC(=O)CSc1nnc(COc2cc(Cl)ccc2Cl)n1CC. The summed E-state index contributed by atoms with van der Waals surface area (Å²) in [6.07, 6.45) is 1.72. The van der Waals surface area contributed by atoms with E-state index in [-0.39, 0.29) is 18.3 Å². The number of nitrogens with one attached hydrogen (secondary N) is 1. The number of carbonyl (C=O) groups is 1. The minimum absolute atomic E-state index is 0.0697. The highest BCUT2D eigenvalue weighted by Gasteiger charge is 2.16. The number of amides is 1. The molecule has 0 fully saturated rings. The van der Waals surface area contributed by atoms with Crippen LogP contribution in [-0.2, 0) is 30.8 Å². The molecule has 1 heterocycles. The molecule has 6 nitrogen and oxygen atoms in total. The number of nitrogens with zero attached hydrogens (tertiary/aromatic N) is 3. The number of para-hydroxylation sites is 1. The van der Waals surface area contributed by atoms with Gasteiger partial charge in [0.2, 0.25) is 5.91 Å². The lowest BCUT2D eigenvalue weighted by Crippen LogP contribution is -2.17. The second-order valence-corrected chi connectivity index (χ2v) is 8.79. The van der Waals surface area contributed by atoms with Crippen LogP contribution in [0.2, 0.25) is 10.0 Å². The smallest absolute Gasteiger partial charge is 0.234 e. The molecule has 0 unspecified atom stereocenters. The van der Waals surface area contributed by atoms with Crippen molar-refractivity contribution in [3.63, 3.8) is 0 Å². The second-order valence-electron chi connectivity index (χ2n) is 7.00. The van der Waals surface area contributed by atoms with Crippen LogP contribution in [0.15, 0.2) is 41.6 Å². The topological polar surface area (TPSA) is 69.0 Å². The predicted molar refractivity (Wildman–Crippen MR) is 131 cm³/mol. The summed E-state index contributed by atoms with van der Waals surface area (Å²) in [4.78, 5) is 12.7. The maximum Gasteiger partial charge on any atom is 0.234 e. The van der Waals surface area contributed by atoms with Crippen LogP contribution in [0, 0.1) is 0 Å². The Hall–Kier alpha value is -2.22. The highest BCUT2D eigenvalue weighted by Crippen LogP contribution is 2.29. The van der Waals surface area contributed by atoms with Gasteiger partial charge in [-0.25, -0.2) is 0 Å². The molecule has 2 aromatic carbocycles. The molecule has 32 heavy (non-hydrogen) atoms. The number of hydrogen-bond donors (Lipinski definition) is 1. The normalized spacial score (nSPS) is 10.9. The number of aryl methyl sites for hydroxylation is 2. The molecule has 0 saturated heterocycles. The van der Waals surface area contributed by atoms with Crippen LogP contribution in [0.1, 0.15) is 37.7 Å². The fourth-order valence-corrected chi connectivity index (χ4v) is 4.44. The monoisotopic (exact) mass is 492 g/mol. The van der Waals surface area contributed by atoms with Gasteiger partial charge in [-0.1, -0.05) is 67.0 Å². The molecule has 0 aliphatic carbocycles. The molecule has 170 valence electrons. The number of rotatable bonds is 10. The lowest BCUT2D eigenvalue weighted by molar-refractivity contribution is -0.113. The standard InChI is InChI=1S/C23H26Cl2N4O2S/c1-4-15-8-7-9-16(5-2)22(15)26-21(30)14-32-23-28-27-20(29(23)6-3)13-31-19-12-17(24)10-11-18(19)25/h7-12H,4-6,13-14H2,1-3H3,(H,26,30). The molecule has 3 rings (SSSR count). The zero-order valence-corrected chi connectivity index (χ0v) is 20.7. The van der Waals surface area contributed by atoms with Crippen LogP contribution < -0.4 is 10.1 Å². The second kappa shape index (κ2) is 11.6. The van der Waals surface area contributed by atoms with Crippen LogP contribution in [0.25, 0.3) is 0 Å². The third kappa shape index (κ3) is 5.97. The highest BCUT2D eigenvalue weighted by atomic mass is 35.5. The van der Waals surface area contributed by atoms with Crippen LogP contribution in [0.3, 0.4) is 0 Å². The Bertz CT molecular complexity index is 1070. The Kier molecular flexibility index (Phi) is 8.84. The van der Waals surface area contributed by atoms with Crippen LogP contribution >= 0.6 is 35.0 Å². The van der Waals surface area contributed by atoms with Crippen molar-refractivity contribution >= 4 is 46.6 Å². The molecular formula is C23H26Cl2N4O2S. The number of ether oxygens (including phenoxy) is 1. The minimum atomic E-state index is -0.0697. The molecule has 1 amide bonds. The number of hydrogen-bond acceptors (Lipinski definition) is 5. The fourth-order valence-electron chi connectivity index (χ4n) is 3.29. The average molecular weight is 493 g/mol. The van der Waals surface area contributed by atoms with Gasteiger partial charge < -0.3 is 14.6 Å². The molecule has 0 radical (unpaired) electrons. The summed E-state index contributed by atoms with van der Waals surface area (Å²) in [7, 11) is 0. The summed E-state index contributed by atoms with van der Waals surface area (Å²) in [5.41, 5.74) is 3.20. The third-order valence-electron chi connectivity index (χ3n) is 4.96. The Morgan fingerprint density at radius 1 is 1.09 bits per heavy atom. The van der Waals surface area contributed by atoms with Crippen molar-refractivity contribution in [3.8, 4) is 5.75 Å². The largest absolute Gasteiger partial charge is 0.484 e. The van der Waals surface area contributed by atoms with E-state index in [0.29, 0.717) is 33.3 Å². The Morgan fingerprint density at radius 2 is 1.81 bits per heavy atom. The fraction of sp³-hybridized carbons (Fsp3) is 0.348. The molecule has 0 spiro atoms. The molecule has 0 saturated carbocycles. The van der Waals surface area contributed by atoms with Crippen molar-refractivity contribution in [2.45, 2.75) is 51.9 Å². The van der Waals surface area contributed by atoms with Crippen molar-refractivity contribution in [3.05, 3.63) is 63.4 Å². The van der Waals surface area contributed by atoms with Crippen molar-refractivity contribution in [1.82, 2.24) is 14.8 Å². The number of halogens is 2. The molecule has 9 heteroatoms. The Labute approximate surface area is 202 Å². The highest BCUT2D eigenvalue weighted by molar-refractivity contribution is 7.99. The van der Waals surface area contributed by atoms with E-state index in [1.54, 1.807) is 18.2 Å². The van der Waals surface area contributed by atoms with E-state index < -0.39 is 0 Å². The van der Waals surface area contributed by atoms with Crippen molar-refractivity contribution in [2.24, 2.45) is 0 Å². The molecule has 1 N–H and O–H groups in total. The first-order chi connectivity index (χ1) is 15.5. The van der Waals surface area contributed by atoms with Gasteiger partial charge in [0.1, 0.15) is 12.4 Å². The summed E-state index contributed by atoms with van der Waals surface area (Å²) in [6.45, 7) is 7.01. The molecule has 3 aromatic rings. The Balaban J connectivity index is 1.64. The van der Waals surface area contributed by atoms with E-state index in [1.165, 1.54) is 11.8 Å². The lowest BCUT2D eigenvalue weighted by atomic mass is 10.0. The van der Waals surface area contributed by atoms with Gasteiger partial charge in [-0.2, -0.15) is 0 Å². The third-order valence-corrected chi connectivity index (χ3v) is 6.47. The number of benzene rings is 2. The zero-order chi connectivity index (χ0) is 23.1. The predicted octanol–water partition coefficient (Wildman–Crippen LogP) is 6.04. The molecule has 0 aliphatic rings. The van der Waals surface area contributed by atoms with E-state index in [1.807, 2.05) is 29.7 Å². The summed E-state index contributed by atoms with van der Waals surface area (Å²) in [5.74, 6) is 1.30. The first kappa shape index (κ1) is 24.4. The van der Waals surface area contributed by atoms with E-state index in [0.717, 1.165) is 29.7 Å². The van der Waals surface area contributed by atoms with Gasteiger partial charge in [0.25, 0.3) is 0 Å². The van der Waals surface area contributed by atoms with E-state index in [9.17, 15) is 4.79 Å². The van der Waals surface area contributed by atoms with E-state index in [4.69, 9.17) is 27.9 Å². The van der Waals surface area contributed by atoms with Crippen LogP contribution in [-0.4, -0.2) is 26.4 Å². The van der Waals surface area contributed by atoms with Gasteiger partial charge in [0.15, 0.2) is 11.0 Å². The summed E-state index contributed by atoms with van der Waals surface area (Å²) >= 11 is 13.5. The van der Waals surface area contributed by atoms with Gasteiger partial charge in [-0.15, -0.1) is 10.2 Å². The van der Waals surface area contributed by atoms with E-state index >= 15 is 0 Å². The first-order valence-electron chi connectivity index (χ1n) is 10.5. The van der Waals surface area contributed by atoms with Crippen molar-refractivity contribution < 1.29 is 9.53 Å². The van der Waals surface area contributed by atoms with Gasteiger partial charge in [0, 0.05) is 23.3 Å². The average Bonchev–Trinajstić information content (AvgIpc) is 3.20. The number of thioether (sulfide) groups is 1. The molecular weight excluding hydrogens is 467 g/mol. The molecule has 1 aromatic heterocycles. The van der Waals surface area contributed by atoms with Gasteiger partial charge in [0.05, 0.1) is 10.8 Å². The van der Waals surface area contributed by atoms with Crippen LogP contribution in [0.5, 0.6) is 5.75 Å². The summed E-state index contributed by atoms with van der Waals surface area (Å²) in [5, 5.41) is 13.2. The molecule has 0 atom stereocenters.